The van der Waals surface area contributed by atoms with E-state index < -0.39 is 17.8 Å². The van der Waals surface area contributed by atoms with Crippen LogP contribution in [0.3, 0.4) is 0 Å². The van der Waals surface area contributed by atoms with Crippen LogP contribution in [0.2, 0.25) is 0 Å². The molecular formula is C16H20FLrN2O3S2-. The maximum absolute atomic E-state index is 13.4. The second kappa shape index (κ2) is 8.73. The van der Waals surface area contributed by atoms with Gasteiger partial charge < -0.3 is 17.1 Å². The molecule has 0 aliphatic carbocycles. The third kappa shape index (κ3) is 4.43. The first-order chi connectivity index (χ1) is 11.4. The molecule has 5 nitrogen and oxygen atoms in total. The molecule has 0 amide bonds. The summed E-state index contributed by atoms with van der Waals surface area (Å²) in [6.45, 7) is 3.91. The smallest absolute Gasteiger partial charge is 0.321 e. The van der Waals surface area contributed by atoms with Crippen molar-refractivity contribution in [2.24, 2.45) is 4.99 Å². The van der Waals surface area contributed by atoms with Gasteiger partial charge in [0.2, 0.25) is 0 Å². The molecule has 1 aromatic rings. The Morgan fingerprint density at radius 2 is 2.28 bits per heavy atom. The number of likely N-dealkylation sites (N-methyl/N-ethyl adjacent to an activating group) is 1. The van der Waals surface area contributed by atoms with Gasteiger partial charge in [-0.05, 0) is 25.2 Å². The number of thioether (sulfide) groups is 1. The van der Waals surface area contributed by atoms with Crippen molar-refractivity contribution in [2.45, 2.75) is 24.5 Å². The van der Waals surface area contributed by atoms with E-state index in [2.05, 4.69) is 24.5 Å². The van der Waals surface area contributed by atoms with Gasteiger partial charge in [0.05, 0.1) is 11.6 Å². The topological polar surface area (TPSA) is 73.1 Å². The Labute approximate surface area is 150 Å². The number of phenols is 1. The fourth-order valence-electron chi connectivity index (χ4n) is 2.69. The summed E-state index contributed by atoms with van der Waals surface area (Å²) in [6.07, 6.45) is 0.477. The molecule has 1 heterocycles. The zero-order valence-electron chi connectivity index (χ0n) is 13.5. The van der Waals surface area contributed by atoms with Gasteiger partial charge in [-0.3, -0.25) is 14.7 Å². The predicted molar refractivity (Wildman–Crippen MR) is 97.6 cm³/mol. The zero-order chi connectivity index (χ0) is 17.9. The molecule has 2 N–H and O–H groups in total. The van der Waals surface area contributed by atoms with Crippen molar-refractivity contribution in [2.75, 3.05) is 18.6 Å². The Kier molecular flexibility index (Phi) is 7.26. The molecule has 1 radical (unpaired) electrons. The van der Waals surface area contributed by atoms with E-state index in [1.165, 1.54) is 30.0 Å². The van der Waals surface area contributed by atoms with E-state index in [1.54, 1.807) is 11.9 Å². The molecule has 9 heteroatoms. The van der Waals surface area contributed by atoms with E-state index in [4.69, 9.17) is 0 Å². The number of nitrogens with zero attached hydrogens (tertiary/aromatic N) is 2. The van der Waals surface area contributed by atoms with Crippen LogP contribution in [0, 0.1) is 12.7 Å². The number of carboxylic acid groups (broad SMARTS) is 1. The molecule has 0 unspecified atom stereocenters. The number of rotatable bonds is 7. The summed E-state index contributed by atoms with van der Waals surface area (Å²) < 4.78 is 13.4. The van der Waals surface area contributed by atoms with Crippen molar-refractivity contribution in [1.29, 1.82) is 0 Å². The molecule has 0 saturated heterocycles. The van der Waals surface area contributed by atoms with Gasteiger partial charge in [-0.1, -0.05) is 0 Å². The summed E-state index contributed by atoms with van der Waals surface area (Å²) >= 11 is 5.53. The van der Waals surface area contributed by atoms with Crippen molar-refractivity contribution in [3.63, 3.8) is 0 Å². The first kappa shape index (κ1) is 20.8. The van der Waals surface area contributed by atoms with Crippen molar-refractivity contribution in [1.82, 2.24) is 4.90 Å². The number of hydrogen-bond donors (Lipinski definition) is 3. The van der Waals surface area contributed by atoms with Crippen LogP contribution in [0.1, 0.15) is 12.0 Å². The largest absolute Gasteiger partial charge is 0.507 e. The predicted octanol–water partition coefficient (Wildman–Crippen LogP) is 2.30. The SMILES string of the molecule is [CH2-]C[C@H]([C@H]1CSC(c2cc(F)ccc2O)=N1)N(C)[C@H](CS)C(=O)O.[Lr]. The van der Waals surface area contributed by atoms with Gasteiger partial charge in [-0.2, -0.15) is 19.0 Å². The number of halogens is 1. The normalized spacial score (nSPS) is 19.2. The Morgan fingerprint density at radius 1 is 1.60 bits per heavy atom. The molecular weight excluding hydrogens is 613 g/mol. The number of hydrogen-bond acceptors (Lipinski definition) is 6. The first-order valence-corrected chi connectivity index (χ1v) is 9.05. The van der Waals surface area contributed by atoms with Gasteiger partial charge in [0.25, 0.3) is 0 Å². The van der Waals surface area contributed by atoms with Crippen LogP contribution in [-0.4, -0.2) is 62.8 Å². The second-order valence-electron chi connectivity index (χ2n) is 5.53. The molecule has 147 valence electrons. The van der Waals surface area contributed by atoms with Gasteiger partial charge in [0.1, 0.15) is 22.7 Å². The first-order valence-electron chi connectivity index (χ1n) is 7.43. The maximum Gasteiger partial charge on any atom is 0.321 e. The Morgan fingerprint density at radius 3 is 2.84 bits per heavy atom. The van der Waals surface area contributed by atoms with E-state index in [1.807, 2.05) is 0 Å². The molecule has 0 aromatic heterocycles. The summed E-state index contributed by atoms with van der Waals surface area (Å²) in [5.41, 5.74) is 0.358. The molecule has 25 heavy (non-hydrogen) atoms. The molecule has 0 fully saturated rings. The minimum atomic E-state index is -0.941. The average Bonchev–Trinajstić information content (AvgIpc) is 3.00. The maximum atomic E-state index is 13.4. The van der Waals surface area contributed by atoms with E-state index in [-0.39, 0.29) is 23.6 Å². The van der Waals surface area contributed by atoms with Crippen LogP contribution in [0.25, 0.3) is 0 Å². The third-order valence-electron chi connectivity index (χ3n) is 4.08. The van der Waals surface area contributed by atoms with Gasteiger partial charge >= 0.3 is 5.97 Å². The standard InChI is InChI=1S/C16H20FN2O3S2.Lr/c1-3-12(19(2)13(7-23)16(21)22)11-8-24-15(18-11)10-6-9(17)4-5-14(10)20;/h4-6,11-13,20,23H,1,3,7-8H2,2H3,(H,21,22);/q-1;/t11-,12-,13-;/m1./s1. The van der Waals surface area contributed by atoms with Crippen LogP contribution in [0.15, 0.2) is 23.2 Å². The van der Waals surface area contributed by atoms with Gasteiger partial charge in [0, 0.05) is 17.5 Å². The second-order valence-corrected chi connectivity index (χ2v) is 6.91. The van der Waals surface area contributed by atoms with Crippen LogP contribution < -0.4 is 0 Å². The Bertz CT molecular complexity index is 648. The number of aromatic hydroxyl groups is 1. The number of carbonyl (C=O) groups is 1. The summed E-state index contributed by atoms with van der Waals surface area (Å²) in [5, 5.41) is 19.8. The van der Waals surface area contributed by atoms with Crippen molar-refractivity contribution in [3.05, 3.63) is 36.5 Å². The number of carboxylic acids is 1. The molecule has 1 aliphatic rings. The fourth-order valence-corrected chi connectivity index (χ4v) is 4.26. The van der Waals surface area contributed by atoms with E-state index in [0.717, 1.165) is 0 Å². The number of aliphatic imine (C=N–C) groups is 1. The third-order valence-corrected chi connectivity index (χ3v) is 5.53. The van der Waals surface area contributed by atoms with Gasteiger partial charge in [-0.15, -0.1) is 11.8 Å². The van der Waals surface area contributed by atoms with Crippen LogP contribution in [0.4, 0.5) is 4.39 Å². The summed E-state index contributed by atoms with van der Waals surface area (Å²) in [6, 6.07) is 2.64. The summed E-state index contributed by atoms with van der Waals surface area (Å²) in [4.78, 5) is 17.7. The van der Waals surface area contributed by atoms with Crippen molar-refractivity contribution < 1.29 is 19.4 Å². The molecule has 1 aliphatic heterocycles. The molecule has 2 rings (SSSR count). The van der Waals surface area contributed by atoms with Crippen LogP contribution >= 0.6 is 24.4 Å². The number of phenolic OH excluding ortho intramolecular Hbond substituents is 1. The van der Waals surface area contributed by atoms with Crippen LogP contribution in [0.5, 0.6) is 5.75 Å². The molecule has 3 atom stereocenters. The van der Waals surface area contributed by atoms with Gasteiger partial charge in [-0.25, -0.2) is 4.39 Å². The van der Waals surface area contributed by atoms with Crippen LogP contribution in [-0.2, 0) is 4.79 Å². The molecule has 0 saturated carbocycles. The quantitative estimate of drug-likeness (QED) is 0.318. The number of benzene rings is 1. The number of thiol groups is 1. The van der Waals surface area contributed by atoms with Gasteiger partial charge in [0.15, 0.2) is 0 Å². The van der Waals surface area contributed by atoms with Crippen molar-refractivity contribution >= 4 is 35.4 Å². The zero-order valence-corrected chi connectivity index (χ0v) is 17.3. The van der Waals surface area contributed by atoms with Crippen molar-refractivity contribution in [3.8, 4) is 5.75 Å². The summed E-state index contributed by atoms with van der Waals surface area (Å²) in [7, 11) is 1.72. The molecule has 1 aromatic carbocycles. The monoisotopic (exact) mass is 633 g/mol. The summed E-state index contributed by atoms with van der Waals surface area (Å²) in [5.74, 6) is -0.607. The average molecular weight is 633 g/mol. The fraction of sp³-hybridized carbons (Fsp3) is 0.438. The Balaban J connectivity index is 0.00000312. The van der Waals surface area contributed by atoms with E-state index >= 15 is 0 Å². The number of aliphatic carboxylic acids is 1. The van der Waals surface area contributed by atoms with E-state index in [0.29, 0.717) is 22.8 Å². The molecule has 0 spiro atoms. The Hall–Kier alpha value is -2.25. The van der Waals surface area contributed by atoms with E-state index in [9.17, 15) is 19.4 Å². The minimum absolute atomic E-state index is 0. The minimum Gasteiger partial charge on any atom is -0.507 e. The molecule has 0 bridgehead atoms.